The first-order chi connectivity index (χ1) is 27.4. The number of methoxy groups -OCH3 is 1. The Morgan fingerprint density at radius 2 is 1.54 bits per heavy atom. The van der Waals surface area contributed by atoms with Crippen molar-refractivity contribution in [3.05, 3.63) is 131 Å². The number of amides is 2. The number of rotatable bonds is 14. The summed E-state index contributed by atoms with van der Waals surface area (Å²) in [6.45, 7) is 8.03. The zero-order chi connectivity index (χ0) is 38.9. The third-order valence-corrected chi connectivity index (χ3v) is 11.7. The normalized spacial score (nSPS) is 23.4. The SMILES string of the molecule is COC(=O)C(Cc1ccccc1)NC(=O)NCc1ccccc1-c1ccc(C2OC(CN3CCCC3CN3CCCC3)C(C)C(c3ccc(CO)cc3)O2)cc1. The van der Waals surface area contributed by atoms with Gasteiger partial charge in [-0.1, -0.05) is 110 Å². The van der Waals surface area contributed by atoms with Crippen molar-refractivity contribution in [3.8, 4) is 11.1 Å². The second-order valence-corrected chi connectivity index (χ2v) is 15.5. The van der Waals surface area contributed by atoms with E-state index in [2.05, 4.69) is 63.8 Å². The minimum Gasteiger partial charge on any atom is -0.467 e. The van der Waals surface area contributed by atoms with E-state index in [1.54, 1.807) is 0 Å². The number of hydrogen-bond donors (Lipinski definition) is 3. The molecule has 0 saturated carbocycles. The summed E-state index contributed by atoms with van der Waals surface area (Å²) < 4.78 is 18.7. The number of ether oxygens (including phenoxy) is 3. The fourth-order valence-corrected chi connectivity index (χ4v) is 8.51. The molecule has 0 radical (unpaired) electrons. The fraction of sp³-hybridized carbons (Fsp3) is 0.435. The molecule has 10 nitrogen and oxygen atoms in total. The first-order valence-corrected chi connectivity index (χ1v) is 20.2. The average Bonchev–Trinajstić information content (AvgIpc) is 3.93. The van der Waals surface area contributed by atoms with Crippen molar-refractivity contribution in [2.24, 2.45) is 5.92 Å². The minimum atomic E-state index is -0.816. The summed E-state index contributed by atoms with van der Waals surface area (Å²) in [5, 5.41) is 15.4. The molecule has 4 aromatic rings. The Kier molecular flexibility index (Phi) is 13.5. The van der Waals surface area contributed by atoms with Crippen LogP contribution in [0.2, 0.25) is 0 Å². The number of hydrogen-bond acceptors (Lipinski definition) is 8. The molecule has 7 rings (SSSR count). The number of aliphatic hydroxyl groups excluding tert-OH is 1. The van der Waals surface area contributed by atoms with Gasteiger partial charge in [0.25, 0.3) is 0 Å². The van der Waals surface area contributed by atoms with Crippen molar-refractivity contribution in [1.82, 2.24) is 20.4 Å². The Balaban J connectivity index is 1.05. The monoisotopic (exact) mass is 760 g/mol. The molecule has 4 aromatic carbocycles. The first-order valence-electron chi connectivity index (χ1n) is 20.2. The predicted octanol–water partition coefficient (Wildman–Crippen LogP) is 6.78. The van der Waals surface area contributed by atoms with Crippen LogP contribution in [0.15, 0.2) is 103 Å². The van der Waals surface area contributed by atoms with Crippen LogP contribution in [0.5, 0.6) is 0 Å². The summed E-state index contributed by atoms with van der Waals surface area (Å²) >= 11 is 0. The van der Waals surface area contributed by atoms with Crippen LogP contribution in [-0.2, 0) is 38.6 Å². The third kappa shape index (κ3) is 9.86. The highest BCUT2D eigenvalue weighted by Gasteiger charge is 2.41. The quantitative estimate of drug-likeness (QED) is 0.121. The molecule has 10 heteroatoms. The van der Waals surface area contributed by atoms with Gasteiger partial charge in [-0.3, -0.25) is 4.90 Å². The summed E-state index contributed by atoms with van der Waals surface area (Å²) in [6, 6.07) is 33.2. The zero-order valence-corrected chi connectivity index (χ0v) is 32.6. The molecule has 3 aliphatic heterocycles. The summed E-state index contributed by atoms with van der Waals surface area (Å²) in [6.07, 6.45) is 4.63. The molecule has 3 aliphatic rings. The molecule has 0 aliphatic carbocycles. The summed E-state index contributed by atoms with van der Waals surface area (Å²) in [7, 11) is 1.32. The van der Waals surface area contributed by atoms with Gasteiger partial charge in [-0.05, 0) is 78.7 Å². The van der Waals surface area contributed by atoms with Gasteiger partial charge in [-0.25, -0.2) is 9.59 Å². The number of nitrogens with one attached hydrogen (secondary N) is 2. The van der Waals surface area contributed by atoms with E-state index in [0.717, 1.165) is 58.6 Å². The zero-order valence-electron chi connectivity index (χ0n) is 32.6. The summed E-state index contributed by atoms with van der Waals surface area (Å²) in [4.78, 5) is 30.8. The second kappa shape index (κ2) is 19.0. The molecular weight excluding hydrogens is 705 g/mol. The Hall–Kier alpha value is -4.58. The topological polar surface area (TPSA) is 113 Å². The highest BCUT2D eigenvalue weighted by molar-refractivity contribution is 5.84. The number of urea groups is 1. The van der Waals surface area contributed by atoms with Gasteiger partial charge < -0.3 is 34.9 Å². The lowest BCUT2D eigenvalue weighted by Gasteiger charge is -2.43. The van der Waals surface area contributed by atoms with Crippen molar-refractivity contribution < 1.29 is 28.9 Å². The van der Waals surface area contributed by atoms with Crippen LogP contribution in [0.3, 0.4) is 0 Å². The molecule has 0 bridgehead atoms. The third-order valence-electron chi connectivity index (χ3n) is 11.7. The summed E-state index contributed by atoms with van der Waals surface area (Å²) in [5.74, 6) is -0.378. The van der Waals surface area contributed by atoms with E-state index in [1.807, 2.05) is 66.7 Å². The van der Waals surface area contributed by atoms with Gasteiger partial charge in [0.2, 0.25) is 0 Å². The van der Waals surface area contributed by atoms with E-state index >= 15 is 0 Å². The van der Waals surface area contributed by atoms with Crippen LogP contribution in [0, 0.1) is 5.92 Å². The lowest BCUT2D eigenvalue weighted by molar-refractivity contribution is -0.276. The maximum absolute atomic E-state index is 13.0. The Morgan fingerprint density at radius 3 is 2.27 bits per heavy atom. The van der Waals surface area contributed by atoms with E-state index < -0.39 is 24.3 Å². The van der Waals surface area contributed by atoms with Crippen LogP contribution in [0.4, 0.5) is 4.79 Å². The lowest BCUT2D eigenvalue weighted by atomic mass is 9.89. The Bertz CT molecular complexity index is 1870. The molecule has 0 spiro atoms. The van der Waals surface area contributed by atoms with Gasteiger partial charge in [0.1, 0.15) is 6.04 Å². The molecule has 3 fully saturated rings. The molecule has 56 heavy (non-hydrogen) atoms. The minimum absolute atomic E-state index is 0.00639. The molecule has 296 valence electrons. The van der Waals surface area contributed by atoms with Crippen LogP contribution in [0.25, 0.3) is 11.1 Å². The van der Waals surface area contributed by atoms with E-state index in [0.29, 0.717) is 12.5 Å². The summed E-state index contributed by atoms with van der Waals surface area (Å²) in [5.41, 5.74) is 6.76. The van der Waals surface area contributed by atoms with Crippen molar-refractivity contribution in [2.45, 2.75) is 82.8 Å². The van der Waals surface area contributed by atoms with Gasteiger partial charge >= 0.3 is 12.0 Å². The van der Waals surface area contributed by atoms with Crippen LogP contribution in [0.1, 0.15) is 72.8 Å². The number of nitrogens with zero attached hydrogens (tertiary/aromatic N) is 2. The van der Waals surface area contributed by atoms with Crippen molar-refractivity contribution in [1.29, 1.82) is 0 Å². The number of carbonyl (C=O) groups is 2. The van der Waals surface area contributed by atoms with E-state index in [1.165, 1.54) is 45.9 Å². The van der Waals surface area contributed by atoms with Gasteiger partial charge in [0, 0.05) is 43.6 Å². The van der Waals surface area contributed by atoms with Crippen molar-refractivity contribution in [2.75, 3.05) is 39.8 Å². The van der Waals surface area contributed by atoms with Gasteiger partial charge in [-0.15, -0.1) is 0 Å². The predicted molar refractivity (Wildman–Crippen MR) is 216 cm³/mol. The molecule has 2 amide bonds. The maximum Gasteiger partial charge on any atom is 0.328 e. The van der Waals surface area contributed by atoms with E-state index in [4.69, 9.17) is 14.2 Å². The first kappa shape index (κ1) is 39.6. The van der Waals surface area contributed by atoms with Crippen molar-refractivity contribution in [3.63, 3.8) is 0 Å². The number of benzene rings is 4. The molecule has 6 atom stereocenters. The largest absolute Gasteiger partial charge is 0.467 e. The highest BCUT2D eigenvalue weighted by Crippen LogP contribution is 2.43. The smallest absolute Gasteiger partial charge is 0.328 e. The number of carbonyl (C=O) groups excluding carboxylic acids is 2. The van der Waals surface area contributed by atoms with Crippen LogP contribution < -0.4 is 10.6 Å². The molecular formula is C46H56N4O6. The fourth-order valence-electron chi connectivity index (χ4n) is 8.51. The Morgan fingerprint density at radius 1 is 0.821 bits per heavy atom. The van der Waals surface area contributed by atoms with Gasteiger partial charge in [0.05, 0.1) is 25.9 Å². The van der Waals surface area contributed by atoms with E-state index in [9.17, 15) is 14.7 Å². The number of esters is 1. The highest BCUT2D eigenvalue weighted by atomic mass is 16.7. The van der Waals surface area contributed by atoms with Gasteiger partial charge in [-0.2, -0.15) is 0 Å². The average molecular weight is 761 g/mol. The lowest BCUT2D eigenvalue weighted by Crippen LogP contribution is -2.48. The van der Waals surface area contributed by atoms with E-state index in [-0.39, 0.29) is 31.3 Å². The van der Waals surface area contributed by atoms with Gasteiger partial charge in [0.15, 0.2) is 6.29 Å². The molecule has 6 unspecified atom stereocenters. The molecule has 0 aromatic heterocycles. The van der Waals surface area contributed by atoms with Crippen LogP contribution >= 0.6 is 0 Å². The molecule has 3 saturated heterocycles. The molecule has 3 N–H and O–H groups in total. The number of aliphatic hydroxyl groups is 1. The second-order valence-electron chi connectivity index (χ2n) is 15.5. The number of likely N-dealkylation sites (tertiary alicyclic amines) is 2. The van der Waals surface area contributed by atoms with Crippen molar-refractivity contribution >= 4 is 12.0 Å². The molecule has 3 heterocycles. The van der Waals surface area contributed by atoms with Crippen LogP contribution in [-0.4, -0.2) is 84.9 Å². The Labute approximate surface area is 331 Å². The standard InChI is InChI=1S/C46H56N4O6/c1-32-42(30-50-26-10-14-39(50)29-49-24-8-9-25-49)55-45(56-43(32)36-18-16-34(31-51)17-19-36)37-22-20-35(21-23-37)40-15-7-6-13-38(40)28-47-46(53)48-41(44(52)54-2)27-33-11-4-3-5-12-33/h3-7,11-13,15-23,32,39,41-43,45,51H,8-10,14,24-31H2,1-2H3,(H2,47,48,53). The maximum atomic E-state index is 13.0.